The minimum atomic E-state index is -0.516. The van der Waals surface area contributed by atoms with Crippen molar-refractivity contribution in [1.82, 2.24) is 14.8 Å². The predicted octanol–water partition coefficient (Wildman–Crippen LogP) is 5.89. The first-order valence-corrected chi connectivity index (χ1v) is 12.0. The molecule has 1 aliphatic rings. The third-order valence-corrected chi connectivity index (χ3v) is 6.48. The molecule has 2 heterocycles. The zero-order valence-electron chi connectivity index (χ0n) is 19.2. The maximum absolute atomic E-state index is 14.2. The molecule has 0 bridgehead atoms. The van der Waals surface area contributed by atoms with Crippen LogP contribution < -0.4 is 15.8 Å². The molecule has 7 nitrogen and oxygen atoms in total. The molecular weight excluding hydrogens is 499 g/mol. The summed E-state index contributed by atoms with van der Waals surface area (Å²) in [6.45, 7) is 1.82. The molecule has 1 saturated carbocycles. The van der Waals surface area contributed by atoms with E-state index in [-0.39, 0.29) is 11.6 Å². The number of nitrogens with two attached hydrogens (primary N) is 1. The van der Waals surface area contributed by atoms with E-state index in [1.807, 2.05) is 18.7 Å². The van der Waals surface area contributed by atoms with Crippen molar-refractivity contribution in [2.75, 3.05) is 11.1 Å². The molecule has 0 spiro atoms. The Morgan fingerprint density at radius 3 is 2.88 bits per heavy atom. The van der Waals surface area contributed by atoms with Gasteiger partial charge >= 0.3 is 0 Å². The minimum absolute atomic E-state index is 0.253. The second kappa shape index (κ2) is 10.4. The van der Waals surface area contributed by atoms with Gasteiger partial charge in [-0.05, 0) is 72.1 Å². The standard InChI is InChI=1S/C25H28BrFN6O/c1-15(34-24-10-17(26)14-30-25(24)29)21-11-18(27)6-7-22(21)31-19(8-9-28)12-20-13-23(33(2)32-20)16-4-3-5-16/h6-11,13-16,28,31H,3-5,12H2,1-2H3,(H2,29,30)/b19-8-,28-9?/t15-/m1/s1. The number of aromatic nitrogens is 3. The summed E-state index contributed by atoms with van der Waals surface area (Å²) in [5.74, 6) is 0.868. The van der Waals surface area contributed by atoms with Crippen LogP contribution in [0.2, 0.25) is 0 Å². The Balaban J connectivity index is 1.56. The SMILES string of the molecule is C[C@@H](Oc1cc(Br)cnc1N)c1cc(F)ccc1N/C(=C\C=N)Cc1cc(C2CCC2)n(C)n1. The molecule has 9 heteroatoms. The van der Waals surface area contributed by atoms with Gasteiger partial charge in [0.15, 0.2) is 11.6 Å². The van der Waals surface area contributed by atoms with E-state index in [0.29, 0.717) is 29.3 Å². The summed E-state index contributed by atoms with van der Waals surface area (Å²) < 4.78 is 22.9. The van der Waals surface area contributed by atoms with Gasteiger partial charge in [0.25, 0.3) is 0 Å². The number of halogens is 2. The van der Waals surface area contributed by atoms with Crippen LogP contribution >= 0.6 is 15.9 Å². The second-order valence-electron chi connectivity index (χ2n) is 8.50. The van der Waals surface area contributed by atoms with Crippen molar-refractivity contribution in [3.63, 3.8) is 0 Å². The predicted molar refractivity (Wildman–Crippen MR) is 136 cm³/mol. The quantitative estimate of drug-likeness (QED) is 0.301. The molecule has 0 aliphatic heterocycles. The second-order valence-corrected chi connectivity index (χ2v) is 9.42. The van der Waals surface area contributed by atoms with Gasteiger partial charge in [-0.1, -0.05) is 6.42 Å². The summed E-state index contributed by atoms with van der Waals surface area (Å²) in [4.78, 5) is 4.09. The summed E-state index contributed by atoms with van der Waals surface area (Å²) >= 11 is 3.37. The number of nitrogens with one attached hydrogen (secondary N) is 2. The fourth-order valence-corrected chi connectivity index (χ4v) is 4.40. The number of hydrogen-bond acceptors (Lipinski definition) is 6. The summed E-state index contributed by atoms with van der Waals surface area (Å²) in [5, 5.41) is 15.6. The monoisotopic (exact) mass is 526 g/mol. The highest BCUT2D eigenvalue weighted by Crippen LogP contribution is 2.37. The number of benzene rings is 1. The molecule has 178 valence electrons. The number of rotatable bonds is 9. The van der Waals surface area contributed by atoms with E-state index in [0.717, 1.165) is 15.9 Å². The van der Waals surface area contributed by atoms with Gasteiger partial charge in [-0.15, -0.1) is 0 Å². The lowest BCUT2D eigenvalue weighted by Crippen LogP contribution is -2.12. The Morgan fingerprint density at radius 2 is 2.18 bits per heavy atom. The largest absolute Gasteiger partial charge is 0.482 e. The lowest BCUT2D eigenvalue weighted by molar-refractivity contribution is 0.227. The average molecular weight is 527 g/mol. The van der Waals surface area contributed by atoms with Gasteiger partial charge in [0, 0.05) is 58.9 Å². The molecule has 0 saturated heterocycles. The lowest BCUT2D eigenvalue weighted by Gasteiger charge is -2.25. The number of ether oxygens (including phenoxy) is 1. The molecule has 34 heavy (non-hydrogen) atoms. The highest BCUT2D eigenvalue weighted by Gasteiger charge is 2.23. The smallest absolute Gasteiger partial charge is 0.166 e. The Hall–Kier alpha value is -3.20. The van der Waals surface area contributed by atoms with E-state index in [2.05, 4.69) is 37.4 Å². The van der Waals surface area contributed by atoms with Crippen molar-refractivity contribution in [1.29, 1.82) is 5.41 Å². The van der Waals surface area contributed by atoms with Crippen molar-refractivity contribution in [2.45, 2.75) is 44.6 Å². The van der Waals surface area contributed by atoms with Crippen molar-refractivity contribution < 1.29 is 9.13 Å². The van der Waals surface area contributed by atoms with Crippen LogP contribution in [0.25, 0.3) is 0 Å². The summed E-state index contributed by atoms with van der Waals surface area (Å²) in [6, 6.07) is 8.37. The molecule has 0 radical (unpaired) electrons. The molecule has 1 fully saturated rings. The molecule has 0 unspecified atom stereocenters. The van der Waals surface area contributed by atoms with Gasteiger partial charge in [-0.25, -0.2) is 9.37 Å². The number of hydrogen-bond donors (Lipinski definition) is 3. The van der Waals surface area contributed by atoms with E-state index in [1.165, 1.54) is 43.3 Å². The highest BCUT2D eigenvalue weighted by molar-refractivity contribution is 9.10. The van der Waals surface area contributed by atoms with Crippen LogP contribution in [0.5, 0.6) is 5.75 Å². The number of aryl methyl sites for hydroxylation is 1. The molecule has 1 aromatic carbocycles. The van der Waals surface area contributed by atoms with E-state index in [4.69, 9.17) is 15.9 Å². The molecular formula is C25H28BrFN6O. The Labute approximate surface area is 206 Å². The van der Waals surface area contributed by atoms with Crippen molar-refractivity contribution >= 4 is 33.6 Å². The first kappa shape index (κ1) is 23.9. The normalized spacial score (nSPS) is 15.0. The summed E-state index contributed by atoms with van der Waals surface area (Å²) in [6.07, 6.45) is 8.18. The van der Waals surface area contributed by atoms with Crippen molar-refractivity contribution in [3.05, 3.63) is 75.5 Å². The highest BCUT2D eigenvalue weighted by atomic mass is 79.9. The van der Waals surface area contributed by atoms with E-state index in [9.17, 15) is 4.39 Å². The maximum Gasteiger partial charge on any atom is 0.166 e. The van der Waals surface area contributed by atoms with Crippen LogP contribution in [0.15, 0.2) is 52.8 Å². The Bertz CT molecular complexity index is 1220. The summed E-state index contributed by atoms with van der Waals surface area (Å²) in [7, 11) is 1.98. The molecule has 4 rings (SSSR count). The van der Waals surface area contributed by atoms with E-state index >= 15 is 0 Å². The fraction of sp³-hybridized carbons (Fsp3) is 0.320. The van der Waals surface area contributed by atoms with Gasteiger partial charge in [0.2, 0.25) is 0 Å². The van der Waals surface area contributed by atoms with E-state index < -0.39 is 6.10 Å². The van der Waals surface area contributed by atoms with Crippen LogP contribution in [0.4, 0.5) is 15.9 Å². The van der Waals surface area contributed by atoms with Crippen LogP contribution in [-0.4, -0.2) is 21.0 Å². The Kier molecular flexibility index (Phi) is 7.31. The van der Waals surface area contributed by atoms with Gasteiger partial charge in [0.1, 0.15) is 11.9 Å². The lowest BCUT2D eigenvalue weighted by atomic mass is 9.83. The number of nitrogens with zero attached hydrogens (tertiary/aromatic N) is 3. The Morgan fingerprint density at radius 1 is 1.38 bits per heavy atom. The first-order valence-electron chi connectivity index (χ1n) is 11.2. The van der Waals surface area contributed by atoms with Gasteiger partial charge in [-0.2, -0.15) is 5.10 Å². The van der Waals surface area contributed by atoms with Crippen LogP contribution in [0.3, 0.4) is 0 Å². The fourth-order valence-electron chi connectivity index (χ4n) is 4.09. The molecule has 1 atom stereocenters. The van der Waals surface area contributed by atoms with Crippen LogP contribution in [-0.2, 0) is 13.5 Å². The zero-order valence-corrected chi connectivity index (χ0v) is 20.8. The third-order valence-electron chi connectivity index (χ3n) is 6.05. The summed E-state index contributed by atoms with van der Waals surface area (Å²) in [5.41, 5.74) is 10.2. The average Bonchev–Trinajstić information content (AvgIpc) is 3.10. The van der Waals surface area contributed by atoms with Crippen molar-refractivity contribution in [3.8, 4) is 5.75 Å². The van der Waals surface area contributed by atoms with Crippen molar-refractivity contribution in [2.24, 2.45) is 7.05 Å². The molecule has 0 amide bonds. The van der Waals surface area contributed by atoms with E-state index in [1.54, 1.807) is 24.4 Å². The number of allylic oxidation sites excluding steroid dienone is 2. The molecule has 3 aromatic rings. The van der Waals surface area contributed by atoms with Crippen LogP contribution in [0, 0.1) is 11.2 Å². The minimum Gasteiger partial charge on any atom is -0.482 e. The third kappa shape index (κ3) is 5.47. The van der Waals surface area contributed by atoms with Gasteiger partial charge in [-0.3, -0.25) is 4.68 Å². The number of pyridine rings is 1. The molecule has 2 aromatic heterocycles. The number of anilines is 2. The van der Waals surface area contributed by atoms with Gasteiger partial charge in [0.05, 0.1) is 5.69 Å². The zero-order chi connectivity index (χ0) is 24.2. The molecule has 1 aliphatic carbocycles. The first-order chi connectivity index (χ1) is 16.3. The maximum atomic E-state index is 14.2. The molecule has 4 N–H and O–H groups in total. The number of nitrogen functional groups attached to an aromatic ring is 1. The topological polar surface area (TPSA) is 102 Å². The van der Waals surface area contributed by atoms with Crippen LogP contribution in [0.1, 0.15) is 55.2 Å². The van der Waals surface area contributed by atoms with Gasteiger partial charge < -0.3 is 21.2 Å².